The van der Waals surface area contributed by atoms with Crippen molar-refractivity contribution in [1.29, 1.82) is 0 Å². The van der Waals surface area contributed by atoms with Crippen LogP contribution in [0.25, 0.3) is 0 Å². The minimum absolute atomic E-state index is 0.127. The van der Waals surface area contributed by atoms with Gasteiger partial charge < -0.3 is 0 Å². The van der Waals surface area contributed by atoms with Gasteiger partial charge in [-0.25, -0.2) is 0 Å². The molecular weight excluding hydrogens is 276 g/mol. The van der Waals surface area contributed by atoms with Gasteiger partial charge in [-0.2, -0.15) is 0 Å². The van der Waals surface area contributed by atoms with E-state index in [1.165, 1.54) is 6.07 Å². The highest BCUT2D eigenvalue weighted by Gasteiger charge is 2.07. The smallest absolute Gasteiger partial charge is 0.269 e. The highest BCUT2D eigenvalue weighted by atomic mass is 35.5. The van der Waals surface area contributed by atoms with Crippen molar-refractivity contribution in [2.24, 2.45) is 0 Å². The molecule has 0 aliphatic carbocycles. The van der Waals surface area contributed by atoms with Gasteiger partial charge in [0.15, 0.2) is 0 Å². The second-order valence-corrected chi connectivity index (χ2v) is 5.16. The first kappa shape index (κ1) is 14.5. The van der Waals surface area contributed by atoms with E-state index >= 15 is 0 Å². The topological polar surface area (TPSA) is 46.4 Å². The van der Waals surface area contributed by atoms with E-state index in [9.17, 15) is 10.1 Å². The lowest BCUT2D eigenvalue weighted by atomic mass is 10.1. The molecule has 0 radical (unpaired) electrons. The molecule has 20 heavy (non-hydrogen) atoms. The van der Waals surface area contributed by atoms with Crippen LogP contribution in [-0.4, -0.2) is 16.9 Å². The van der Waals surface area contributed by atoms with E-state index in [1.807, 2.05) is 37.4 Å². The van der Waals surface area contributed by atoms with Gasteiger partial charge in [-0.3, -0.25) is 15.0 Å². The maximum absolute atomic E-state index is 10.7. The number of non-ortho nitro benzene ring substituents is 1. The molecule has 0 aromatic heterocycles. The van der Waals surface area contributed by atoms with Crippen molar-refractivity contribution in [3.05, 3.63) is 74.8 Å². The standard InChI is InChI=1S/C15H15ClN2O2/c1-17(10-12-5-7-14(16)8-6-12)11-13-3-2-4-15(9-13)18(19)20/h2-9H,10-11H2,1H3. The third-order valence-corrected chi connectivity index (χ3v) is 3.19. The fraction of sp³-hybridized carbons (Fsp3) is 0.200. The van der Waals surface area contributed by atoms with Crippen LogP contribution < -0.4 is 0 Å². The molecule has 0 bridgehead atoms. The van der Waals surface area contributed by atoms with E-state index in [0.717, 1.165) is 22.7 Å². The molecule has 2 rings (SSSR count). The second-order valence-electron chi connectivity index (χ2n) is 4.73. The van der Waals surface area contributed by atoms with Gasteiger partial charge in [0.1, 0.15) is 0 Å². The maximum atomic E-state index is 10.7. The highest BCUT2D eigenvalue weighted by Crippen LogP contribution is 2.16. The van der Waals surface area contributed by atoms with Crippen LogP contribution in [0, 0.1) is 10.1 Å². The Morgan fingerprint density at radius 2 is 1.75 bits per heavy atom. The van der Waals surface area contributed by atoms with E-state index in [0.29, 0.717) is 6.54 Å². The van der Waals surface area contributed by atoms with E-state index in [2.05, 4.69) is 4.90 Å². The SMILES string of the molecule is CN(Cc1ccc(Cl)cc1)Cc1cccc([N+](=O)[O-])c1. The number of benzene rings is 2. The third kappa shape index (κ3) is 4.05. The third-order valence-electron chi connectivity index (χ3n) is 2.94. The van der Waals surface area contributed by atoms with E-state index in [4.69, 9.17) is 11.6 Å². The first-order chi connectivity index (χ1) is 9.54. The molecule has 0 unspecified atom stereocenters. The van der Waals surface area contributed by atoms with Crippen molar-refractivity contribution in [3.63, 3.8) is 0 Å². The molecule has 104 valence electrons. The van der Waals surface area contributed by atoms with Gasteiger partial charge in [0.25, 0.3) is 5.69 Å². The summed E-state index contributed by atoms with van der Waals surface area (Å²) in [5.41, 5.74) is 2.21. The van der Waals surface area contributed by atoms with Crippen LogP contribution in [0.5, 0.6) is 0 Å². The molecule has 0 heterocycles. The highest BCUT2D eigenvalue weighted by molar-refractivity contribution is 6.30. The number of nitro benzene ring substituents is 1. The molecule has 0 aliphatic rings. The van der Waals surface area contributed by atoms with Crippen molar-refractivity contribution in [2.75, 3.05) is 7.05 Å². The quantitative estimate of drug-likeness (QED) is 0.620. The largest absolute Gasteiger partial charge is 0.298 e. The van der Waals surface area contributed by atoms with Gasteiger partial charge in [0.2, 0.25) is 0 Å². The lowest BCUT2D eigenvalue weighted by molar-refractivity contribution is -0.384. The van der Waals surface area contributed by atoms with Gasteiger partial charge in [0.05, 0.1) is 4.92 Å². The van der Waals surface area contributed by atoms with Gasteiger partial charge in [-0.1, -0.05) is 35.9 Å². The Balaban J connectivity index is 2.00. The summed E-state index contributed by atoms with van der Waals surface area (Å²) < 4.78 is 0. The number of hydrogen-bond donors (Lipinski definition) is 0. The summed E-state index contributed by atoms with van der Waals surface area (Å²) in [6.45, 7) is 1.42. The number of rotatable bonds is 5. The maximum Gasteiger partial charge on any atom is 0.269 e. The lowest BCUT2D eigenvalue weighted by Gasteiger charge is -2.16. The lowest BCUT2D eigenvalue weighted by Crippen LogP contribution is -2.17. The van der Waals surface area contributed by atoms with Crippen LogP contribution in [0.2, 0.25) is 5.02 Å². The predicted molar refractivity (Wildman–Crippen MR) is 79.7 cm³/mol. The van der Waals surface area contributed by atoms with E-state index in [1.54, 1.807) is 12.1 Å². The number of nitrogens with zero attached hydrogens (tertiary/aromatic N) is 2. The number of halogens is 1. The Kier molecular flexibility index (Phi) is 4.71. The Bertz CT molecular complexity index is 599. The average Bonchev–Trinajstić information content (AvgIpc) is 2.41. The summed E-state index contributed by atoms with van der Waals surface area (Å²) in [7, 11) is 1.98. The minimum atomic E-state index is -0.372. The molecule has 0 saturated heterocycles. The first-order valence-corrected chi connectivity index (χ1v) is 6.59. The molecule has 0 atom stereocenters. The van der Waals surface area contributed by atoms with Crippen molar-refractivity contribution in [1.82, 2.24) is 4.90 Å². The molecule has 0 amide bonds. The Morgan fingerprint density at radius 3 is 2.40 bits per heavy atom. The van der Waals surface area contributed by atoms with Gasteiger partial charge in [-0.05, 0) is 30.3 Å². The zero-order valence-corrected chi connectivity index (χ0v) is 11.9. The molecule has 0 fully saturated rings. The summed E-state index contributed by atoms with van der Waals surface area (Å²) in [5.74, 6) is 0. The number of nitro groups is 1. The Labute approximate surface area is 122 Å². The molecule has 5 heteroatoms. The summed E-state index contributed by atoms with van der Waals surface area (Å²) in [4.78, 5) is 12.5. The van der Waals surface area contributed by atoms with Crippen LogP contribution >= 0.6 is 11.6 Å². The summed E-state index contributed by atoms with van der Waals surface area (Å²) in [6, 6.07) is 14.4. The minimum Gasteiger partial charge on any atom is -0.298 e. The van der Waals surface area contributed by atoms with Gasteiger partial charge >= 0.3 is 0 Å². The first-order valence-electron chi connectivity index (χ1n) is 6.21. The van der Waals surface area contributed by atoms with Gasteiger partial charge in [-0.15, -0.1) is 0 Å². The Hall–Kier alpha value is -1.91. The molecule has 2 aromatic rings. The Morgan fingerprint density at radius 1 is 1.10 bits per heavy atom. The second kappa shape index (κ2) is 6.50. The monoisotopic (exact) mass is 290 g/mol. The van der Waals surface area contributed by atoms with Crippen molar-refractivity contribution in [3.8, 4) is 0 Å². The fourth-order valence-corrected chi connectivity index (χ4v) is 2.16. The average molecular weight is 291 g/mol. The van der Waals surface area contributed by atoms with Gasteiger partial charge in [0, 0.05) is 30.2 Å². The number of hydrogen-bond acceptors (Lipinski definition) is 3. The van der Waals surface area contributed by atoms with Crippen molar-refractivity contribution in [2.45, 2.75) is 13.1 Å². The van der Waals surface area contributed by atoms with Crippen molar-refractivity contribution < 1.29 is 4.92 Å². The van der Waals surface area contributed by atoms with Crippen LogP contribution in [0.15, 0.2) is 48.5 Å². The predicted octanol–water partition coefficient (Wildman–Crippen LogP) is 3.88. The zero-order valence-electron chi connectivity index (χ0n) is 11.1. The normalized spacial score (nSPS) is 10.8. The summed E-state index contributed by atoms with van der Waals surface area (Å²) in [6.07, 6.45) is 0. The molecular formula is C15H15ClN2O2. The van der Waals surface area contributed by atoms with Crippen LogP contribution in [0.3, 0.4) is 0 Å². The summed E-state index contributed by atoms with van der Waals surface area (Å²) >= 11 is 5.85. The van der Waals surface area contributed by atoms with Crippen LogP contribution in [0.1, 0.15) is 11.1 Å². The van der Waals surface area contributed by atoms with E-state index in [-0.39, 0.29) is 10.6 Å². The molecule has 0 saturated carbocycles. The van der Waals surface area contributed by atoms with E-state index < -0.39 is 0 Å². The van der Waals surface area contributed by atoms with Crippen molar-refractivity contribution >= 4 is 17.3 Å². The molecule has 4 nitrogen and oxygen atoms in total. The fourth-order valence-electron chi connectivity index (χ4n) is 2.04. The zero-order chi connectivity index (χ0) is 14.5. The van der Waals surface area contributed by atoms with Crippen LogP contribution in [-0.2, 0) is 13.1 Å². The molecule has 0 spiro atoms. The molecule has 0 aliphatic heterocycles. The molecule has 0 N–H and O–H groups in total. The summed E-state index contributed by atoms with van der Waals surface area (Å²) in [5, 5.41) is 11.5. The molecule has 2 aromatic carbocycles. The van der Waals surface area contributed by atoms with Crippen LogP contribution in [0.4, 0.5) is 5.69 Å².